The Labute approximate surface area is 100 Å². The Morgan fingerprint density at radius 3 is 2.72 bits per heavy atom. The lowest BCUT2D eigenvalue weighted by atomic mass is 10.1. The molecule has 0 fully saturated rings. The molecule has 6 heteroatoms. The van der Waals surface area contributed by atoms with Crippen LogP contribution in [0.15, 0.2) is 41.3 Å². The monoisotopic (exact) mass is 245 g/mol. The predicted molar refractivity (Wildman–Crippen MR) is 62.9 cm³/mol. The number of halogens is 1. The maximum atomic E-state index is 12.9. The first-order chi connectivity index (χ1) is 8.65. The molecule has 2 aromatic heterocycles. The number of rotatable bonds is 1. The van der Waals surface area contributed by atoms with Crippen LogP contribution in [0.3, 0.4) is 0 Å². The molecular formula is C12H8FN3O2. The van der Waals surface area contributed by atoms with Gasteiger partial charge in [-0.15, -0.1) is 0 Å². The van der Waals surface area contributed by atoms with Gasteiger partial charge < -0.3 is 10.1 Å². The average Bonchev–Trinajstić information content (AvgIpc) is 2.74. The van der Waals surface area contributed by atoms with Gasteiger partial charge in [0.2, 0.25) is 5.88 Å². The molecule has 0 atom stereocenters. The van der Waals surface area contributed by atoms with Crippen LogP contribution in [0.25, 0.3) is 16.8 Å². The first-order valence-electron chi connectivity index (χ1n) is 5.21. The van der Waals surface area contributed by atoms with Crippen LogP contribution in [-0.4, -0.2) is 19.7 Å². The third kappa shape index (κ3) is 1.55. The number of aromatic amines is 1. The quantitative estimate of drug-likeness (QED) is 0.683. The summed E-state index contributed by atoms with van der Waals surface area (Å²) in [5.41, 5.74) is 1.26. The van der Waals surface area contributed by atoms with E-state index in [4.69, 9.17) is 0 Å². The van der Waals surface area contributed by atoms with Gasteiger partial charge in [-0.2, -0.15) is 9.61 Å². The zero-order valence-corrected chi connectivity index (χ0v) is 9.09. The van der Waals surface area contributed by atoms with Crippen molar-refractivity contribution in [3.05, 3.63) is 52.7 Å². The molecule has 1 aromatic carbocycles. The summed E-state index contributed by atoms with van der Waals surface area (Å²) < 4.78 is 14.1. The molecule has 18 heavy (non-hydrogen) atoms. The van der Waals surface area contributed by atoms with Crippen LogP contribution in [0.1, 0.15) is 0 Å². The fraction of sp³-hybridized carbons (Fsp3) is 0. The summed E-state index contributed by atoms with van der Waals surface area (Å²) in [5.74, 6) is -0.589. The van der Waals surface area contributed by atoms with Crippen LogP contribution in [0.5, 0.6) is 5.88 Å². The summed E-state index contributed by atoms with van der Waals surface area (Å²) in [6.45, 7) is 0. The molecule has 0 bridgehead atoms. The number of hydrogen-bond donors (Lipinski definition) is 2. The first kappa shape index (κ1) is 10.5. The fourth-order valence-electron chi connectivity index (χ4n) is 1.81. The molecule has 0 saturated carbocycles. The topological polar surface area (TPSA) is 70.4 Å². The highest BCUT2D eigenvalue weighted by Gasteiger charge is 2.10. The highest BCUT2D eigenvalue weighted by Crippen LogP contribution is 2.24. The zero-order valence-electron chi connectivity index (χ0n) is 9.09. The molecule has 0 amide bonds. The molecule has 3 rings (SSSR count). The van der Waals surface area contributed by atoms with Gasteiger partial charge in [-0.1, -0.05) is 12.1 Å². The number of hydrogen-bond acceptors (Lipinski definition) is 3. The summed E-state index contributed by atoms with van der Waals surface area (Å²) in [6.07, 6.45) is 1.50. The van der Waals surface area contributed by atoms with Gasteiger partial charge in [0.25, 0.3) is 5.56 Å². The van der Waals surface area contributed by atoms with Gasteiger partial charge in [-0.05, 0) is 17.7 Å². The van der Waals surface area contributed by atoms with Crippen molar-refractivity contribution in [2.24, 2.45) is 0 Å². The van der Waals surface area contributed by atoms with Crippen molar-refractivity contribution in [3.63, 3.8) is 0 Å². The SMILES string of the molecule is O=c1cc(O)n2ncc(-c3ccc(F)cc3)c2[nH]1. The Morgan fingerprint density at radius 1 is 1.28 bits per heavy atom. The largest absolute Gasteiger partial charge is 0.493 e. The van der Waals surface area contributed by atoms with Gasteiger partial charge in [0, 0.05) is 5.56 Å². The summed E-state index contributed by atoms with van der Waals surface area (Å²) in [5, 5.41) is 13.5. The van der Waals surface area contributed by atoms with Gasteiger partial charge in [-0.3, -0.25) is 4.79 Å². The van der Waals surface area contributed by atoms with Crippen LogP contribution in [0, 0.1) is 5.82 Å². The van der Waals surface area contributed by atoms with E-state index in [1.54, 1.807) is 12.1 Å². The van der Waals surface area contributed by atoms with E-state index in [0.29, 0.717) is 16.8 Å². The Morgan fingerprint density at radius 2 is 2.00 bits per heavy atom. The van der Waals surface area contributed by atoms with E-state index in [1.165, 1.54) is 22.8 Å². The zero-order chi connectivity index (χ0) is 12.7. The second-order valence-corrected chi connectivity index (χ2v) is 3.82. The third-order valence-corrected chi connectivity index (χ3v) is 2.64. The normalized spacial score (nSPS) is 10.9. The number of benzene rings is 1. The first-order valence-corrected chi connectivity index (χ1v) is 5.21. The standard InChI is InChI=1S/C12H8FN3O2/c13-8-3-1-7(2-4-8)9-6-14-16-11(18)5-10(17)15-12(9)16/h1-6,18H,(H,15,17). The number of fused-ring (bicyclic) bond motifs is 1. The van der Waals surface area contributed by atoms with Gasteiger partial charge in [0.05, 0.1) is 12.3 Å². The maximum absolute atomic E-state index is 12.9. The van der Waals surface area contributed by atoms with Crippen molar-refractivity contribution in [1.29, 1.82) is 0 Å². The van der Waals surface area contributed by atoms with Crippen molar-refractivity contribution < 1.29 is 9.50 Å². The van der Waals surface area contributed by atoms with Crippen LogP contribution in [0.2, 0.25) is 0 Å². The molecule has 3 aromatic rings. The Hall–Kier alpha value is -2.63. The average molecular weight is 245 g/mol. The van der Waals surface area contributed by atoms with E-state index >= 15 is 0 Å². The second-order valence-electron chi connectivity index (χ2n) is 3.82. The summed E-state index contributed by atoms with van der Waals surface area (Å²) in [7, 11) is 0. The van der Waals surface area contributed by atoms with Crippen molar-refractivity contribution >= 4 is 5.65 Å². The third-order valence-electron chi connectivity index (χ3n) is 2.64. The molecule has 0 saturated heterocycles. The minimum atomic E-state index is -0.427. The summed E-state index contributed by atoms with van der Waals surface area (Å²) in [6, 6.07) is 6.83. The summed E-state index contributed by atoms with van der Waals surface area (Å²) >= 11 is 0. The lowest BCUT2D eigenvalue weighted by Crippen LogP contribution is -2.07. The summed E-state index contributed by atoms with van der Waals surface area (Å²) in [4.78, 5) is 13.9. The van der Waals surface area contributed by atoms with Gasteiger partial charge in [0.15, 0.2) is 0 Å². The smallest absolute Gasteiger partial charge is 0.254 e. The molecule has 0 radical (unpaired) electrons. The molecule has 0 aliphatic carbocycles. The highest BCUT2D eigenvalue weighted by atomic mass is 19.1. The van der Waals surface area contributed by atoms with E-state index in [-0.39, 0.29) is 11.7 Å². The van der Waals surface area contributed by atoms with E-state index in [2.05, 4.69) is 10.1 Å². The minimum absolute atomic E-state index is 0.248. The number of nitrogens with zero attached hydrogens (tertiary/aromatic N) is 2. The lowest BCUT2D eigenvalue weighted by Gasteiger charge is -2.00. The van der Waals surface area contributed by atoms with Gasteiger partial charge in [0.1, 0.15) is 11.5 Å². The van der Waals surface area contributed by atoms with Crippen LogP contribution < -0.4 is 5.56 Å². The number of aromatic nitrogens is 3. The van der Waals surface area contributed by atoms with Crippen molar-refractivity contribution in [3.8, 4) is 17.0 Å². The molecule has 5 nitrogen and oxygen atoms in total. The Balaban J connectivity index is 2.30. The second kappa shape index (κ2) is 3.69. The lowest BCUT2D eigenvalue weighted by molar-refractivity contribution is 0.434. The van der Waals surface area contributed by atoms with Gasteiger partial charge >= 0.3 is 0 Å². The number of aromatic hydroxyl groups is 1. The highest BCUT2D eigenvalue weighted by molar-refractivity contribution is 5.77. The van der Waals surface area contributed by atoms with Crippen LogP contribution >= 0.6 is 0 Å². The molecule has 2 N–H and O–H groups in total. The van der Waals surface area contributed by atoms with Crippen LogP contribution in [-0.2, 0) is 0 Å². The molecule has 0 spiro atoms. The number of nitrogens with one attached hydrogen (secondary N) is 1. The van der Waals surface area contributed by atoms with Crippen molar-refractivity contribution in [2.75, 3.05) is 0 Å². The van der Waals surface area contributed by atoms with Crippen LogP contribution in [0.4, 0.5) is 4.39 Å². The molecular weight excluding hydrogens is 237 g/mol. The van der Waals surface area contributed by atoms with E-state index in [0.717, 1.165) is 6.07 Å². The molecule has 0 aliphatic heterocycles. The predicted octanol–water partition coefficient (Wildman–Crippen LogP) is 1.53. The van der Waals surface area contributed by atoms with Crippen molar-refractivity contribution in [1.82, 2.24) is 14.6 Å². The Kier molecular flexibility index (Phi) is 2.16. The van der Waals surface area contributed by atoms with E-state index in [9.17, 15) is 14.3 Å². The number of H-pyrrole nitrogens is 1. The molecule has 0 aliphatic rings. The van der Waals surface area contributed by atoms with E-state index in [1.807, 2.05) is 0 Å². The molecule has 90 valence electrons. The molecule has 0 unspecified atom stereocenters. The Bertz CT molecular complexity index is 774. The maximum Gasteiger partial charge on any atom is 0.254 e. The minimum Gasteiger partial charge on any atom is -0.493 e. The van der Waals surface area contributed by atoms with Crippen molar-refractivity contribution in [2.45, 2.75) is 0 Å². The van der Waals surface area contributed by atoms with E-state index < -0.39 is 5.56 Å². The fourth-order valence-corrected chi connectivity index (χ4v) is 1.81. The molecule has 2 heterocycles. The van der Waals surface area contributed by atoms with Gasteiger partial charge in [-0.25, -0.2) is 4.39 Å².